The molecular weight excluding hydrogens is 460 g/mol. The van der Waals surface area contributed by atoms with Crippen molar-refractivity contribution in [3.63, 3.8) is 0 Å². The van der Waals surface area contributed by atoms with Crippen molar-refractivity contribution < 1.29 is 18.0 Å². The number of nitrogens with zero attached hydrogens (tertiary/aromatic N) is 3. The molecule has 0 aliphatic carbocycles. The maximum Gasteiger partial charge on any atom is 0.317 e. The number of amides is 3. The molecule has 8 nitrogen and oxygen atoms in total. The van der Waals surface area contributed by atoms with Gasteiger partial charge in [0.25, 0.3) is 10.0 Å². The van der Waals surface area contributed by atoms with Gasteiger partial charge in [0.05, 0.1) is 10.9 Å². The van der Waals surface area contributed by atoms with Gasteiger partial charge in [-0.15, -0.1) is 11.3 Å². The zero-order valence-corrected chi connectivity index (χ0v) is 19.5. The number of thiophene rings is 1. The first kappa shape index (κ1) is 23.5. The SMILES string of the molecule is CCN(Cc1ccccc1)C(=O)CNC(=O)N1CCN(S(=O)(=O)c2ccc(Cl)s2)CC1. The van der Waals surface area contributed by atoms with Crippen LogP contribution in [0.1, 0.15) is 12.5 Å². The van der Waals surface area contributed by atoms with Crippen molar-refractivity contribution in [3.8, 4) is 0 Å². The molecule has 1 N–H and O–H groups in total. The predicted molar refractivity (Wildman–Crippen MR) is 121 cm³/mol. The van der Waals surface area contributed by atoms with E-state index in [-0.39, 0.29) is 48.9 Å². The lowest BCUT2D eigenvalue weighted by Gasteiger charge is -2.33. The fourth-order valence-electron chi connectivity index (χ4n) is 3.25. The fraction of sp³-hybridized carbons (Fsp3) is 0.400. The first-order valence-corrected chi connectivity index (χ1v) is 12.5. The average Bonchev–Trinajstić information content (AvgIpc) is 3.23. The van der Waals surface area contributed by atoms with Crippen molar-refractivity contribution >= 4 is 44.9 Å². The van der Waals surface area contributed by atoms with E-state index in [1.54, 1.807) is 11.0 Å². The number of likely N-dealkylation sites (N-methyl/N-ethyl adjacent to an activating group) is 1. The van der Waals surface area contributed by atoms with Crippen molar-refractivity contribution in [2.75, 3.05) is 39.3 Å². The number of hydrogen-bond acceptors (Lipinski definition) is 5. The van der Waals surface area contributed by atoms with Gasteiger partial charge < -0.3 is 15.1 Å². The topological polar surface area (TPSA) is 90.0 Å². The summed E-state index contributed by atoms with van der Waals surface area (Å²) in [6, 6.07) is 12.3. The molecule has 1 fully saturated rings. The Labute approximate surface area is 191 Å². The van der Waals surface area contributed by atoms with Gasteiger partial charge in [-0.05, 0) is 24.6 Å². The Morgan fingerprint density at radius 3 is 2.35 bits per heavy atom. The largest absolute Gasteiger partial charge is 0.337 e. The Balaban J connectivity index is 1.48. The molecule has 0 spiro atoms. The quantitative estimate of drug-likeness (QED) is 0.653. The number of carbonyl (C=O) groups is 2. The maximum atomic E-state index is 12.7. The highest BCUT2D eigenvalue weighted by atomic mass is 35.5. The number of halogens is 1. The van der Waals surface area contributed by atoms with Crippen molar-refractivity contribution in [1.29, 1.82) is 0 Å². The van der Waals surface area contributed by atoms with Gasteiger partial charge in [-0.2, -0.15) is 4.31 Å². The van der Waals surface area contributed by atoms with Crippen LogP contribution in [0.4, 0.5) is 4.79 Å². The van der Waals surface area contributed by atoms with Gasteiger partial charge in [-0.1, -0.05) is 41.9 Å². The van der Waals surface area contributed by atoms with Crippen LogP contribution in [-0.2, 0) is 21.4 Å². The third-order valence-electron chi connectivity index (χ3n) is 5.01. The molecule has 3 amide bonds. The number of piperazine rings is 1. The highest BCUT2D eigenvalue weighted by Gasteiger charge is 2.31. The molecule has 1 aromatic heterocycles. The Hall–Kier alpha value is -2.14. The third kappa shape index (κ3) is 5.97. The van der Waals surface area contributed by atoms with Crippen LogP contribution in [0.5, 0.6) is 0 Å². The maximum absolute atomic E-state index is 12.7. The van der Waals surface area contributed by atoms with Crippen LogP contribution in [0.3, 0.4) is 0 Å². The first-order chi connectivity index (χ1) is 14.8. The molecular formula is C20H25ClN4O4S2. The monoisotopic (exact) mass is 484 g/mol. The van der Waals surface area contributed by atoms with E-state index in [0.29, 0.717) is 17.4 Å². The summed E-state index contributed by atoms with van der Waals surface area (Å²) in [7, 11) is -3.61. The lowest BCUT2D eigenvalue weighted by Crippen LogP contribution is -2.54. The van der Waals surface area contributed by atoms with Gasteiger partial charge in [0.2, 0.25) is 5.91 Å². The molecule has 1 aromatic carbocycles. The zero-order valence-electron chi connectivity index (χ0n) is 17.2. The number of sulfonamides is 1. The van der Waals surface area contributed by atoms with Crippen LogP contribution < -0.4 is 5.32 Å². The number of nitrogens with one attached hydrogen (secondary N) is 1. The summed E-state index contributed by atoms with van der Waals surface area (Å²) in [6.45, 7) is 3.68. The highest BCUT2D eigenvalue weighted by Crippen LogP contribution is 2.28. The molecule has 2 heterocycles. The van der Waals surface area contributed by atoms with Gasteiger partial charge in [-0.25, -0.2) is 13.2 Å². The lowest BCUT2D eigenvalue weighted by atomic mass is 10.2. The molecule has 0 radical (unpaired) electrons. The molecule has 11 heteroatoms. The van der Waals surface area contributed by atoms with Crippen LogP contribution in [0, 0.1) is 0 Å². The van der Waals surface area contributed by atoms with Crippen molar-refractivity contribution in [3.05, 3.63) is 52.4 Å². The van der Waals surface area contributed by atoms with Crippen LogP contribution >= 0.6 is 22.9 Å². The summed E-state index contributed by atoms with van der Waals surface area (Å²) in [6.07, 6.45) is 0. The van der Waals surface area contributed by atoms with Crippen LogP contribution in [0.2, 0.25) is 4.34 Å². The molecule has 2 aromatic rings. The van der Waals surface area contributed by atoms with Gasteiger partial charge in [-0.3, -0.25) is 4.79 Å². The predicted octanol–water partition coefficient (Wildman–Crippen LogP) is 2.47. The molecule has 168 valence electrons. The molecule has 3 rings (SSSR count). The first-order valence-electron chi connectivity index (χ1n) is 9.91. The standard InChI is InChI=1S/C20H25ClN4O4S2/c1-2-23(15-16-6-4-3-5-7-16)18(26)14-22-20(27)24-10-12-25(13-11-24)31(28,29)19-9-8-17(21)30-19/h3-9H,2,10-15H2,1H3,(H,22,27). The lowest BCUT2D eigenvalue weighted by molar-refractivity contribution is -0.130. The van der Waals surface area contributed by atoms with E-state index in [1.165, 1.54) is 15.3 Å². The van der Waals surface area contributed by atoms with Crippen LogP contribution in [0.15, 0.2) is 46.7 Å². The minimum atomic E-state index is -3.61. The van der Waals surface area contributed by atoms with E-state index >= 15 is 0 Å². The number of hydrogen-bond donors (Lipinski definition) is 1. The third-order valence-corrected chi connectivity index (χ3v) is 8.61. The molecule has 0 saturated carbocycles. The van der Waals surface area contributed by atoms with E-state index in [9.17, 15) is 18.0 Å². The second kappa shape index (κ2) is 10.4. The smallest absolute Gasteiger partial charge is 0.317 e. The molecule has 31 heavy (non-hydrogen) atoms. The van der Waals surface area contributed by atoms with Crippen molar-refractivity contribution in [2.24, 2.45) is 0 Å². The molecule has 0 bridgehead atoms. The van der Waals surface area contributed by atoms with Crippen molar-refractivity contribution in [1.82, 2.24) is 19.4 Å². The Morgan fingerprint density at radius 2 is 1.77 bits per heavy atom. The van der Waals surface area contributed by atoms with Crippen LogP contribution in [-0.4, -0.2) is 73.7 Å². The minimum absolute atomic E-state index is 0.105. The Bertz CT molecular complexity index is 1010. The summed E-state index contributed by atoms with van der Waals surface area (Å²) in [5.41, 5.74) is 1.02. The highest BCUT2D eigenvalue weighted by molar-refractivity contribution is 7.91. The number of urea groups is 1. The Kier molecular flexibility index (Phi) is 7.93. The summed E-state index contributed by atoms with van der Waals surface area (Å²) in [4.78, 5) is 28.2. The second-order valence-corrected chi connectivity index (χ2v) is 10.9. The molecule has 0 atom stereocenters. The summed E-state index contributed by atoms with van der Waals surface area (Å²) < 4.78 is 27.3. The normalized spacial score (nSPS) is 15.0. The molecule has 1 saturated heterocycles. The molecule has 1 aliphatic rings. The van der Waals surface area contributed by atoms with Crippen LogP contribution in [0.25, 0.3) is 0 Å². The second-order valence-electron chi connectivity index (χ2n) is 7.00. The number of benzene rings is 1. The minimum Gasteiger partial charge on any atom is -0.337 e. The Morgan fingerprint density at radius 1 is 1.10 bits per heavy atom. The van der Waals surface area contributed by atoms with Gasteiger partial charge in [0, 0.05) is 39.3 Å². The van der Waals surface area contributed by atoms with Gasteiger partial charge in [0.1, 0.15) is 4.21 Å². The fourth-order valence-corrected chi connectivity index (χ4v) is 6.31. The molecule has 1 aliphatic heterocycles. The van der Waals surface area contributed by atoms with E-state index in [0.717, 1.165) is 16.9 Å². The van der Waals surface area contributed by atoms with E-state index in [1.807, 2.05) is 37.3 Å². The average molecular weight is 485 g/mol. The van der Waals surface area contributed by atoms with E-state index in [4.69, 9.17) is 11.6 Å². The number of carbonyl (C=O) groups excluding carboxylic acids is 2. The van der Waals surface area contributed by atoms with Gasteiger partial charge >= 0.3 is 6.03 Å². The molecule has 0 unspecified atom stereocenters. The zero-order chi connectivity index (χ0) is 22.4. The summed E-state index contributed by atoms with van der Waals surface area (Å²) in [5, 5.41) is 2.65. The van der Waals surface area contributed by atoms with E-state index in [2.05, 4.69) is 5.32 Å². The summed E-state index contributed by atoms with van der Waals surface area (Å²) >= 11 is 6.86. The number of rotatable bonds is 7. The van der Waals surface area contributed by atoms with E-state index < -0.39 is 10.0 Å². The summed E-state index contributed by atoms with van der Waals surface area (Å²) in [5.74, 6) is -0.171. The van der Waals surface area contributed by atoms with Gasteiger partial charge in [0.15, 0.2) is 0 Å². The van der Waals surface area contributed by atoms with Crippen molar-refractivity contribution in [2.45, 2.75) is 17.7 Å².